The maximum Gasteiger partial charge on any atom is 0.126 e. The van der Waals surface area contributed by atoms with Crippen molar-refractivity contribution in [3.63, 3.8) is 0 Å². The summed E-state index contributed by atoms with van der Waals surface area (Å²) in [5, 5.41) is 0. The second-order valence-electron chi connectivity index (χ2n) is 9.17. The van der Waals surface area contributed by atoms with Gasteiger partial charge in [-0.1, -0.05) is 0 Å². The van der Waals surface area contributed by atoms with Gasteiger partial charge in [0.1, 0.15) is 17.1 Å². The van der Waals surface area contributed by atoms with Crippen molar-refractivity contribution in [1.82, 2.24) is 0 Å². The smallest absolute Gasteiger partial charge is 0.126 e. The first-order chi connectivity index (χ1) is 13.4. The molecule has 1 aliphatic rings. The highest BCUT2D eigenvalue weighted by Crippen LogP contribution is 2.40. The summed E-state index contributed by atoms with van der Waals surface area (Å²) in [6.45, 7) is 24.5. The molecule has 0 aliphatic carbocycles. The second-order valence-corrected chi connectivity index (χ2v) is 9.17. The lowest BCUT2D eigenvalue weighted by Crippen LogP contribution is -2.33. The van der Waals surface area contributed by atoms with Gasteiger partial charge in [0, 0.05) is 0 Å². The molecule has 0 fully saturated rings. The van der Waals surface area contributed by atoms with E-state index in [4.69, 9.17) is 9.47 Å². The van der Waals surface area contributed by atoms with Gasteiger partial charge < -0.3 is 9.47 Å². The number of hydrogen-bond acceptors (Lipinski definition) is 2. The number of ether oxygens (including phenoxy) is 2. The Bertz CT molecular complexity index is 904. The van der Waals surface area contributed by atoms with E-state index < -0.39 is 0 Å². The molecule has 0 unspecified atom stereocenters. The van der Waals surface area contributed by atoms with Crippen LogP contribution in [0.4, 0.5) is 0 Å². The summed E-state index contributed by atoms with van der Waals surface area (Å²) in [5.41, 5.74) is 12.3. The number of rotatable bonds is 2. The minimum atomic E-state index is -0.00804. The highest BCUT2D eigenvalue weighted by atomic mass is 16.5. The van der Waals surface area contributed by atoms with E-state index in [-0.39, 0.29) is 5.60 Å². The van der Waals surface area contributed by atoms with Crippen LogP contribution in [0.5, 0.6) is 11.5 Å². The SMILES string of the molecule is CCOc1cc(C)c(C)c(C)c1C.Cc1c(C)c(C)c2c(c1C)CCC(C)(C)O2. The third-order valence-corrected chi connectivity index (χ3v) is 6.84. The van der Waals surface area contributed by atoms with E-state index in [1.807, 2.05) is 6.92 Å². The summed E-state index contributed by atoms with van der Waals surface area (Å²) in [6.07, 6.45) is 2.26. The lowest BCUT2D eigenvalue weighted by Gasteiger charge is -2.35. The fourth-order valence-electron chi connectivity index (χ4n) is 4.03. The molecule has 0 bridgehead atoms. The minimum Gasteiger partial charge on any atom is -0.494 e. The van der Waals surface area contributed by atoms with Gasteiger partial charge in [0.25, 0.3) is 0 Å². The normalized spacial score (nSPS) is 14.4. The molecule has 2 aromatic carbocycles. The molecule has 160 valence electrons. The molecular formula is C27H40O2. The van der Waals surface area contributed by atoms with E-state index in [1.54, 1.807) is 0 Å². The van der Waals surface area contributed by atoms with Gasteiger partial charge in [-0.25, -0.2) is 0 Å². The van der Waals surface area contributed by atoms with Gasteiger partial charge in [-0.05, 0) is 145 Å². The predicted octanol–water partition coefficient (Wildman–Crippen LogP) is 7.34. The van der Waals surface area contributed by atoms with Crippen LogP contribution in [0.3, 0.4) is 0 Å². The van der Waals surface area contributed by atoms with Crippen LogP contribution in [0.1, 0.15) is 77.3 Å². The monoisotopic (exact) mass is 396 g/mol. The summed E-state index contributed by atoms with van der Waals surface area (Å²) >= 11 is 0. The van der Waals surface area contributed by atoms with Gasteiger partial charge >= 0.3 is 0 Å². The van der Waals surface area contributed by atoms with Crippen molar-refractivity contribution in [2.24, 2.45) is 0 Å². The molecular weight excluding hydrogens is 356 g/mol. The van der Waals surface area contributed by atoms with Crippen LogP contribution in [0, 0.1) is 55.4 Å². The highest BCUT2D eigenvalue weighted by molar-refractivity contribution is 5.55. The topological polar surface area (TPSA) is 18.5 Å². The number of hydrogen-bond donors (Lipinski definition) is 0. The van der Waals surface area contributed by atoms with Gasteiger partial charge in [-0.15, -0.1) is 0 Å². The van der Waals surface area contributed by atoms with E-state index in [9.17, 15) is 0 Å². The van der Waals surface area contributed by atoms with E-state index in [0.717, 1.165) is 30.9 Å². The Labute approximate surface area is 178 Å². The quantitative estimate of drug-likeness (QED) is 0.528. The average Bonchev–Trinajstić information content (AvgIpc) is 2.67. The first kappa shape index (κ1) is 23.3. The van der Waals surface area contributed by atoms with Crippen molar-refractivity contribution in [2.45, 2.75) is 94.6 Å². The van der Waals surface area contributed by atoms with Gasteiger partial charge in [0.2, 0.25) is 0 Å². The Balaban J connectivity index is 0.000000212. The molecule has 0 spiro atoms. The predicted molar refractivity (Wildman–Crippen MR) is 125 cm³/mol. The van der Waals surface area contributed by atoms with Crippen molar-refractivity contribution in [3.05, 3.63) is 56.1 Å². The van der Waals surface area contributed by atoms with Crippen molar-refractivity contribution < 1.29 is 9.47 Å². The standard InChI is InChI=1S/C15H22O.C12H18O/c1-9-10(2)12(4)14-13(11(9)3)7-8-15(5,6)16-14;1-6-13-12-7-8(2)9(3)10(4)11(12)5/h7-8H2,1-6H3;7H,6H2,1-5H3. The molecule has 29 heavy (non-hydrogen) atoms. The summed E-state index contributed by atoms with van der Waals surface area (Å²) in [6, 6.07) is 2.13. The molecule has 2 aromatic rings. The summed E-state index contributed by atoms with van der Waals surface area (Å²) < 4.78 is 11.7. The van der Waals surface area contributed by atoms with Crippen molar-refractivity contribution in [2.75, 3.05) is 6.61 Å². The molecule has 0 N–H and O–H groups in total. The third-order valence-electron chi connectivity index (χ3n) is 6.84. The molecule has 0 atom stereocenters. The molecule has 1 aliphatic heterocycles. The lowest BCUT2D eigenvalue weighted by atomic mass is 9.86. The van der Waals surface area contributed by atoms with Crippen molar-refractivity contribution in [3.8, 4) is 11.5 Å². The molecule has 0 radical (unpaired) electrons. The molecule has 0 amide bonds. The molecule has 0 aromatic heterocycles. The molecule has 2 nitrogen and oxygen atoms in total. The Kier molecular flexibility index (Phi) is 7.09. The van der Waals surface area contributed by atoms with Crippen LogP contribution in [0.25, 0.3) is 0 Å². The van der Waals surface area contributed by atoms with Crippen LogP contribution in [-0.4, -0.2) is 12.2 Å². The lowest BCUT2D eigenvalue weighted by molar-refractivity contribution is 0.0833. The zero-order chi connectivity index (χ0) is 22.1. The van der Waals surface area contributed by atoms with Crippen LogP contribution < -0.4 is 9.47 Å². The van der Waals surface area contributed by atoms with E-state index in [2.05, 4.69) is 75.3 Å². The van der Waals surface area contributed by atoms with Gasteiger partial charge in [0.05, 0.1) is 6.61 Å². The maximum absolute atomic E-state index is 6.17. The number of benzene rings is 2. The van der Waals surface area contributed by atoms with E-state index in [0.29, 0.717) is 0 Å². The largest absolute Gasteiger partial charge is 0.494 e. The highest BCUT2D eigenvalue weighted by Gasteiger charge is 2.29. The minimum absolute atomic E-state index is 0.00804. The van der Waals surface area contributed by atoms with Crippen molar-refractivity contribution >= 4 is 0 Å². The van der Waals surface area contributed by atoms with Crippen molar-refractivity contribution in [1.29, 1.82) is 0 Å². The summed E-state index contributed by atoms with van der Waals surface area (Å²) in [4.78, 5) is 0. The second kappa shape index (κ2) is 8.81. The fourth-order valence-corrected chi connectivity index (χ4v) is 4.03. The molecule has 3 rings (SSSR count). The first-order valence-corrected chi connectivity index (χ1v) is 10.9. The summed E-state index contributed by atoms with van der Waals surface area (Å²) in [5.74, 6) is 2.18. The number of aryl methyl sites for hydroxylation is 1. The first-order valence-electron chi connectivity index (χ1n) is 10.9. The molecule has 0 saturated carbocycles. The Hall–Kier alpha value is -1.96. The van der Waals surface area contributed by atoms with Crippen LogP contribution in [-0.2, 0) is 6.42 Å². The summed E-state index contributed by atoms with van der Waals surface area (Å²) in [7, 11) is 0. The van der Waals surface area contributed by atoms with E-state index in [1.165, 1.54) is 50.1 Å². The van der Waals surface area contributed by atoms with E-state index >= 15 is 0 Å². The Morgan fingerprint density at radius 3 is 1.93 bits per heavy atom. The molecule has 1 heterocycles. The molecule has 0 saturated heterocycles. The van der Waals surface area contributed by atoms with Gasteiger partial charge in [-0.3, -0.25) is 0 Å². The fraction of sp³-hybridized carbons (Fsp3) is 0.556. The van der Waals surface area contributed by atoms with Crippen LogP contribution in [0.2, 0.25) is 0 Å². The van der Waals surface area contributed by atoms with Crippen LogP contribution in [0.15, 0.2) is 6.07 Å². The number of fused-ring (bicyclic) bond motifs is 1. The zero-order valence-corrected chi connectivity index (χ0v) is 20.5. The Morgan fingerprint density at radius 2 is 1.34 bits per heavy atom. The average molecular weight is 397 g/mol. The van der Waals surface area contributed by atoms with Gasteiger partial charge in [0.15, 0.2) is 0 Å². The Morgan fingerprint density at radius 1 is 0.793 bits per heavy atom. The van der Waals surface area contributed by atoms with Gasteiger partial charge in [-0.2, -0.15) is 0 Å². The molecule has 2 heteroatoms. The zero-order valence-electron chi connectivity index (χ0n) is 20.5. The maximum atomic E-state index is 6.17. The van der Waals surface area contributed by atoms with Crippen LogP contribution >= 0.6 is 0 Å². The third kappa shape index (κ3) is 4.79.